The maximum Gasteiger partial charge on any atom is 0.356 e. The molecule has 8 heteroatoms. The SMILES string of the molecule is CCOC(=O)c1c(C#N)c(-c2ccc(Oc3c(F)cccc3F)cc2)cn1C1CCNC1. The number of ether oxygens (including phenoxy) is 2. The Balaban J connectivity index is 1.71. The summed E-state index contributed by atoms with van der Waals surface area (Å²) in [4.78, 5) is 12.7. The molecule has 1 N–H and O–H groups in total. The van der Waals surface area contributed by atoms with Gasteiger partial charge in [-0.3, -0.25) is 0 Å². The molecule has 1 aliphatic heterocycles. The molecule has 1 atom stereocenters. The van der Waals surface area contributed by atoms with Crippen molar-refractivity contribution in [3.8, 4) is 28.7 Å². The van der Waals surface area contributed by atoms with E-state index in [1.54, 1.807) is 37.4 Å². The van der Waals surface area contributed by atoms with Crippen LogP contribution in [0.15, 0.2) is 48.7 Å². The summed E-state index contributed by atoms with van der Waals surface area (Å²) in [5.74, 6) is -2.40. The van der Waals surface area contributed by atoms with Gasteiger partial charge in [0.1, 0.15) is 17.5 Å². The lowest BCUT2D eigenvalue weighted by molar-refractivity contribution is 0.0511. The van der Waals surface area contributed by atoms with E-state index in [0.29, 0.717) is 17.7 Å². The molecule has 1 aliphatic rings. The van der Waals surface area contributed by atoms with Crippen LogP contribution in [0.2, 0.25) is 0 Å². The van der Waals surface area contributed by atoms with E-state index in [1.807, 2.05) is 4.57 Å². The number of carbonyl (C=O) groups is 1. The van der Waals surface area contributed by atoms with Gasteiger partial charge >= 0.3 is 5.97 Å². The molecule has 2 heterocycles. The zero-order valence-electron chi connectivity index (χ0n) is 17.4. The molecular formula is C24H21F2N3O3. The zero-order valence-corrected chi connectivity index (χ0v) is 17.4. The zero-order chi connectivity index (χ0) is 22.7. The number of rotatable bonds is 6. The normalized spacial score (nSPS) is 15.4. The molecule has 1 aromatic heterocycles. The molecular weight excluding hydrogens is 416 g/mol. The average Bonchev–Trinajstić information content (AvgIpc) is 3.44. The van der Waals surface area contributed by atoms with Gasteiger partial charge in [-0.2, -0.15) is 5.26 Å². The molecule has 6 nitrogen and oxygen atoms in total. The van der Waals surface area contributed by atoms with Gasteiger partial charge in [0, 0.05) is 24.3 Å². The van der Waals surface area contributed by atoms with Crippen LogP contribution in [-0.2, 0) is 4.74 Å². The highest BCUT2D eigenvalue weighted by atomic mass is 19.1. The molecule has 3 aromatic rings. The van der Waals surface area contributed by atoms with Crippen LogP contribution in [0.1, 0.15) is 35.4 Å². The largest absolute Gasteiger partial charge is 0.461 e. The Morgan fingerprint density at radius 3 is 2.53 bits per heavy atom. The molecule has 1 fully saturated rings. The van der Waals surface area contributed by atoms with Crippen LogP contribution in [0.25, 0.3) is 11.1 Å². The number of hydrogen-bond donors (Lipinski definition) is 1. The fraction of sp³-hybridized carbons (Fsp3) is 0.250. The molecule has 0 aliphatic carbocycles. The first-order valence-electron chi connectivity index (χ1n) is 10.3. The van der Waals surface area contributed by atoms with E-state index in [9.17, 15) is 18.8 Å². The van der Waals surface area contributed by atoms with Crippen LogP contribution in [0.4, 0.5) is 8.78 Å². The minimum atomic E-state index is -0.804. The van der Waals surface area contributed by atoms with Crippen LogP contribution in [0, 0.1) is 23.0 Å². The van der Waals surface area contributed by atoms with Gasteiger partial charge in [-0.1, -0.05) is 18.2 Å². The second-order valence-electron chi connectivity index (χ2n) is 7.33. The van der Waals surface area contributed by atoms with E-state index in [-0.39, 0.29) is 29.7 Å². The summed E-state index contributed by atoms with van der Waals surface area (Å²) in [5, 5.41) is 13.1. The van der Waals surface area contributed by atoms with Crippen molar-refractivity contribution in [2.24, 2.45) is 0 Å². The molecule has 164 valence electrons. The molecule has 0 saturated carbocycles. The third-order valence-electron chi connectivity index (χ3n) is 5.34. The Morgan fingerprint density at radius 2 is 1.94 bits per heavy atom. The number of para-hydroxylation sites is 1. The van der Waals surface area contributed by atoms with E-state index in [1.165, 1.54) is 6.07 Å². The lowest BCUT2D eigenvalue weighted by Gasteiger charge is -2.14. The molecule has 4 rings (SSSR count). The van der Waals surface area contributed by atoms with E-state index in [4.69, 9.17) is 9.47 Å². The third-order valence-corrected chi connectivity index (χ3v) is 5.34. The maximum absolute atomic E-state index is 13.9. The van der Waals surface area contributed by atoms with Crippen LogP contribution < -0.4 is 10.1 Å². The van der Waals surface area contributed by atoms with Crippen LogP contribution in [0.3, 0.4) is 0 Å². The second-order valence-corrected chi connectivity index (χ2v) is 7.33. The molecule has 32 heavy (non-hydrogen) atoms. The number of benzene rings is 2. The molecule has 0 radical (unpaired) electrons. The highest BCUT2D eigenvalue weighted by Gasteiger charge is 2.29. The number of nitrogens with one attached hydrogen (secondary N) is 1. The smallest absolute Gasteiger partial charge is 0.356 e. The van der Waals surface area contributed by atoms with Crippen molar-refractivity contribution >= 4 is 5.97 Å². The summed E-state index contributed by atoms with van der Waals surface area (Å²) in [6.07, 6.45) is 2.61. The Hall–Kier alpha value is -3.70. The lowest BCUT2D eigenvalue weighted by Crippen LogP contribution is -2.19. The first-order valence-corrected chi connectivity index (χ1v) is 10.3. The Bertz CT molecular complexity index is 1160. The first-order chi connectivity index (χ1) is 15.5. The predicted molar refractivity (Wildman–Crippen MR) is 113 cm³/mol. The van der Waals surface area contributed by atoms with Crippen molar-refractivity contribution < 1.29 is 23.0 Å². The van der Waals surface area contributed by atoms with Crippen LogP contribution in [0.5, 0.6) is 11.5 Å². The van der Waals surface area contributed by atoms with Crippen molar-refractivity contribution in [3.05, 3.63) is 71.6 Å². The van der Waals surface area contributed by atoms with E-state index < -0.39 is 23.4 Å². The van der Waals surface area contributed by atoms with Crippen molar-refractivity contribution in [1.29, 1.82) is 5.26 Å². The average molecular weight is 437 g/mol. The summed E-state index contributed by atoms with van der Waals surface area (Å²) in [5.41, 5.74) is 1.69. The second kappa shape index (κ2) is 9.20. The summed E-state index contributed by atoms with van der Waals surface area (Å²) in [7, 11) is 0. The van der Waals surface area contributed by atoms with E-state index in [0.717, 1.165) is 25.1 Å². The molecule has 0 spiro atoms. The molecule has 2 aromatic carbocycles. The Kier molecular flexibility index (Phi) is 6.19. The molecule has 1 unspecified atom stereocenters. The monoisotopic (exact) mass is 437 g/mol. The highest BCUT2D eigenvalue weighted by Crippen LogP contribution is 2.34. The van der Waals surface area contributed by atoms with Gasteiger partial charge in [0.25, 0.3) is 0 Å². The van der Waals surface area contributed by atoms with Gasteiger partial charge in [-0.15, -0.1) is 0 Å². The minimum absolute atomic E-state index is 0.0295. The number of aromatic nitrogens is 1. The van der Waals surface area contributed by atoms with Gasteiger partial charge in [-0.05, 0) is 49.7 Å². The number of carbonyl (C=O) groups excluding carboxylic acids is 1. The molecule has 0 amide bonds. The molecule has 1 saturated heterocycles. The van der Waals surface area contributed by atoms with Crippen LogP contribution >= 0.6 is 0 Å². The summed E-state index contributed by atoms with van der Waals surface area (Å²) < 4.78 is 40.1. The minimum Gasteiger partial charge on any atom is -0.461 e. The number of hydrogen-bond acceptors (Lipinski definition) is 5. The number of esters is 1. The quantitative estimate of drug-likeness (QED) is 0.560. The summed E-state index contributed by atoms with van der Waals surface area (Å²) >= 11 is 0. The van der Waals surface area contributed by atoms with Crippen molar-refractivity contribution in [1.82, 2.24) is 9.88 Å². The summed E-state index contributed by atoms with van der Waals surface area (Å²) in [6.45, 7) is 3.42. The Morgan fingerprint density at radius 1 is 1.22 bits per heavy atom. The third kappa shape index (κ3) is 4.07. The van der Waals surface area contributed by atoms with Gasteiger partial charge < -0.3 is 19.4 Å². The van der Waals surface area contributed by atoms with Crippen molar-refractivity contribution in [2.75, 3.05) is 19.7 Å². The standard InChI is InChI=1S/C24H21F2N3O3/c1-2-31-24(30)22-18(12-27)19(14-29(22)16-10-11-28-13-16)15-6-8-17(9-7-15)32-23-20(25)4-3-5-21(23)26/h3-9,14,16,28H,2,10-11,13H2,1H3. The van der Waals surface area contributed by atoms with Gasteiger partial charge in [0.15, 0.2) is 17.4 Å². The van der Waals surface area contributed by atoms with Crippen molar-refractivity contribution in [2.45, 2.75) is 19.4 Å². The number of nitrogens with zero attached hydrogens (tertiary/aromatic N) is 2. The summed E-state index contributed by atoms with van der Waals surface area (Å²) in [6, 6.07) is 12.1. The van der Waals surface area contributed by atoms with Gasteiger partial charge in [0.05, 0.1) is 12.2 Å². The van der Waals surface area contributed by atoms with E-state index in [2.05, 4.69) is 11.4 Å². The van der Waals surface area contributed by atoms with Crippen molar-refractivity contribution in [3.63, 3.8) is 0 Å². The number of halogens is 2. The highest BCUT2D eigenvalue weighted by molar-refractivity contribution is 5.94. The maximum atomic E-state index is 13.9. The fourth-order valence-electron chi connectivity index (χ4n) is 3.83. The van der Waals surface area contributed by atoms with Gasteiger partial charge in [0.2, 0.25) is 0 Å². The number of nitriles is 1. The fourth-order valence-corrected chi connectivity index (χ4v) is 3.83. The topological polar surface area (TPSA) is 76.3 Å². The van der Waals surface area contributed by atoms with Gasteiger partial charge in [-0.25, -0.2) is 13.6 Å². The lowest BCUT2D eigenvalue weighted by atomic mass is 10.0. The van der Waals surface area contributed by atoms with Crippen LogP contribution in [-0.4, -0.2) is 30.2 Å². The first kappa shape index (κ1) is 21.5. The Labute approximate surface area is 184 Å². The van der Waals surface area contributed by atoms with E-state index >= 15 is 0 Å². The molecule has 0 bridgehead atoms. The predicted octanol–water partition coefficient (Wildman–Crippen LogP) is 4.81.